The molecule has 0 radical (unpaired) electrons. The van der Waals surface area contributed by atoms with E-state index in [1.165, 1.54) is 0 Å². The van der Waals surface area contributed by atoms with E-state index in [0.29, 0.717) is 0 Å². The number of hydrogen-bond acceptors (Lipinski definition) is 4. The SMILES string of the molecule is Cc1ccc(C(Sc2ccccn2)C(C)N)o1. The highest BCUT2D eigenvalue weighted by Crippen LogP contribution is 2.36. The standard InChI is InChI=1S/C13H16N2OS/c1-9-6-7-11(16-9)13(10(2)14)17-12-5-3-4-8-15-12/h3-8,10,13H,14H2,1-2H3. The lowest BCUT2D eigenvalue weighted by molar-refractivity contribution is 0.464. The minimum Gasteiger partial charge on any atom is -0.465 e. The Morgan fingerprint density at radius 1 is 1.29 bits per heavy atom. The van der Waals surface area contributed by atoms with Crippen LogP contribution in [0.4, 0.5) is 0 Å². The van der Waals surface area contributed by atoms with Crippen molar-refractivity contribution in [3.05, 3.63) is 48.0 Å². The predicted molar refractivity (Wildman–Crippen MR) is 69.9 cm³/mol. The van der Waals surface area contributed by atoms with Gasteiger partial charge in [0.2, 0.25) is 0 Å². The van der Waals surface area contributed by atoms with Crippen LogP contribution in [0.25, 0.3) is 0 Å². The molecular formula is C13H16N2OS. The van der Waals surface area contributed by atoms with E-state index in [-0.39, 0.29) is 11.3 Å². The summed E-state index contributed by atoms with van der Waals surface area (Å²) in [5, 5.41) is 1.06. The molecule has 0 bridgehead atoms. The molecule has 17 heavy (non-hydrogen) atoms. The molecule has 0 aromatic carbocycles. The number of hydrogen-bond donors (Lipinski definition) is 1. The number of aryl methyl sites for hydroxylation is 1. The van der Waals surface area contributed by atoms with Gasteiger partial charge in [-0.15, -0.1) is 0 Å². The molecule has 2 rings (SSSR count). The van der Waals surface area contributed by atoms with Crippen LogP contribution in [0.3, 0.4) is 0 Å². The van der Waals surface area contributed by atoms with E-state index in [0.717, 1.165) is 16.5 Å². The smallest absolute Gasteiger partial charge is 0.119 e. The first-order chi connectivity index (χ1) is 8.16. The molecule has 2 atom stereocenters. The maximum atomic E-state index is 6.02. The van der Waals surface area contributed by atoms with Crippen molar-refractivity contribution in [3.63, 3.8) is 0 Å². The van der Waals surface area contributed by atoms with Crippen LogP contribution in [0.5, 0.6) is 0 Å². The van der Waals surface area contributed by atoms with Crippen LogP contribution >= 0.6 is 11.8 Å². The van der Waals surface area contributed by atoms with Crippen molar-refractivity contribution in [3.8, 4) is 0 Å². The molecule has 0 saturated heterocycles. The third kappa shape index (κ3) is 3.11. The van der Waals surface area contributed by atoms with E-state index in [1.54, 1.807) is 18.0 Å². The Balaban J connectivity index is 2.19. The molecule has 2 unspecified atom stereocenters. The summed E-state index contributed by atoms with van der Waals surface area (Å²) in [4.78, 5) is 4.30. The molecule has 0 aliphatic carbocycles. The van der Waals surface area contributed by atoms with Crippen molar-refractivity contribution in [2.45, 2.75) is 30.2 Å². The van der Waals surface area contributed by atoms with Gasteiger partial charge in [-0.25, -0.2) is 4.98 Å². The second-order valence-electron chi connectivity index (χ2n) is 4.01. The third-order valence-electron chi connectivity index (χ3n) is 2.40. The highest BCUT2D eigenvalue weighted by molar-refractivity contribution is 7.99. The molecule has 2 aromatic rings. The fraction of sp³-hybridized carbons (Fsp3) is 0.308. The number of thioether (sulfide) groups is 1. The lowest BCUT2D eigenvalue weighted by Crippen LogP contribution is -2.22. The van der Waals surface area contributed by atoms with Crippen molar-refractivity contribution in [2.24, 2.45) is 5.73 Å². The Kier molecular flexibility index (Phi) is 3.86. The van der Waals surface area contributed by atoms with Gasteiger partial charge < -0.3 is 10.2 Å². The fourth-order valence-corrected chi connectivity index (χ4v) is 2.57. The van der Waals surface area contributed by atoms with Crippen LogP contribution in [0, 0.1) is 6.92 Å². The first kappa shape index (κ1) is 12.2. The number of pyridine rings is 1. The monoisotopic (exact) mass is 248 g/mol. The largest absolute Gasteiger partial charge is 0.465 e. The molecule has 0 fully saturated rings. The van der Waals surface area contributed by atoms with Gasteiger partial charge in [0.25, 0.3) is 0 Å². The van der Waals surface area contributed by atoms with E-state index in [2.05, 4.69) is 4.98 Å². The Hall–Kier alpha value is -1.26. The first-order valence-corrected chi connectivity index (χ1v) is 6.44. The summed E-state index contributed by atoms with van der Waals surface area (Å²) in [5.41, 5.74) is 6.02. The summed E-state index contributed by atoms with van der Waals surface area (Å²) in [5.74, 6) is 1.82. The Morgan fingerprint density at radius 2 is 2.12 bits per heavy atom. The summed E-state index contributed by atoms with van der Waals surface area (Å²) >= 11 is 1.63. The Morgan fingerprint density at radius 3 is 2.65 bits per heavy atom. The lowest BCUT2D eigenvalue weighted by atomic mass is 10.2. The second-order valence-corrected chi connectivity index (χ2v) is 5.18. The van der Waals surface area contributed by atoms with E-state index in [1.807, 2.05) is 44.2 Å². The molecular weight excluding hydrogens is 232 g/mol. The maximum absolute atomic E-state index is 6.02. The average Bonchev–Trinajstić information content (AvgIpc) is 2.73. The molecule has 0 aliphatic rings. The van der Waals surface area contributed by atoms with E-state index >= 15 is 0 Å². The van der Waals surface area contributed by atoms with Gasteiger partial charge in [0, 0.05) is 12.2 Å². The van der Waals surface area contributed by atoms with Crippen LogP contribution in [-0.2, 0) is 0 Å². The zero-order chi connectivity index (χ0) is 12.3. The zero-order valence-electron chi connectivity index (χ0n) is 9.96. The van der Waals surface area contributed by atoms with Crippen molar-refractivity contribution in [2.75, 3.05) is 0 Å². The van der Waals surface area contributed by atoms with Gasteiger partial charge in [0.15, 0.2) is 0 Å². The van der Waals surface area contributed by atoms with Gasteiger partial charge in [0.1, 0.15) is 11.5 Å². The molecule has 90 valence electrons. The first-order valence-electron chi connectivity index (χ1n) is 5.56. The molecule has 2 aromatic heterocycles. The summed E-state index contributed by atoms with van der Waals surface area (Å²) in [6.07, 6.45) is 1.79. The summed E-state index contributed by atoms with van der Waals surface area (Å²) in [6, 6.07) is 9.81. The van der Waals surface area contributed by atoms with Gasteiger partial charge in [-0.2, -0.15) is 0 Å². The zero-order valence-corrected chi connectivity index (χ0v) is 10.8. The number of nitrogens with two attached hydrogens (primary N) is 1. The summed E-state index contributed by atoms with van der Waals surface area (Å²) in [6.45, 7) is 3.92. The Labute approximate surface area is 105 Å². The lowest BCUT2D eigenvalue weighted by Gasteiger charge is -2.17. The summed E-state index contributed by atoms with van der Waals surface area (Å²) < 4.78 is 5.65. The molecule has 0 spiro atoms. The normalized spacial score (nSPS) is 14.5. The van der Waals surface area contributed by atoms with Crippen LogP contribution < -0.4 is 5.73 Å². The number of nitrogens with zero attached hydrogens (tertiary/aromatic N) is 1. The number of furan rings is 1. The van der Waals surface area contributed by atoms with Crippen molar-refractivity contribution in [1.82, 2.24) is 4.98 Å². The predicted octanol–water partition coefficient (Wildman–Crippen LogP) is 3.16. The minimum absolute atomic E-state index is 0.00700. The summed E-state index contributed by atoms with van der Waals surface area (Å²) in [7, 11) is 0. The molecule has 2 heterocycles. The molecule has 2 N–H and O–H groups in total. The fourth-order valence-electron chi connectivity index (χ4n) is 1.58. The second kappa shape index (κ2) is 5.38. The van der Waals surface area contributed by atoms with Crippen molar-refractivity contribution in [1.29, 1.82) is 0 Å². The molecule has 0 aliphatic heterocycles. The van der Waals surface area contributed by atoms with Crippen molar-refractivity contribution < 1.29 is 4.42 Å². The number of rotatable bonds is 4. The molecule has 4 heteroatoms. The van der Waals surface area contributed by atoms with E-state index < -0.39 is 0 Å². The van der Waals surface area contributed by atoms with Gasteiger partial charge in [-0.3, -0.25) is 0 Å². The Bertz CT molecular complexity index is 467. The maximum Gasteiger partial charge on any atom is 0.119 e. The molecule has 0 amide bonds. The van der Waals surface area contributed by atoms with Gasteiger partial charge in [-0.05, 0) is 38.1 Å². The van der Waals surface area contributed by atoms with Crippen LogP contribution in [0.2, 0.25) is 0 Å². The van der Waals surface area contributed by atoms with Crippen molar-refractivity contribution >= 4 is 11.8 Å². The average molecular weight is 248 g/mol. The van der Waals surface area contributed by atoms with Gasteiger partial charge >= 0.3 is 0 Å². The number of aromatic nitrogens is 1. The topological polar surface area (TPSA) is 52.0 Å². The van der Waals surface area contributed by atoms with Gasteiger partial charge in [0.05, 0.1) is 10.3 Å². The van der Waals surface area contributed by atoms with Crippen LogP contribution in [0.15, 0.2) is 46.0 Å². The van der Waals surface area contributed by atoms with Crippen LogP contribution in [0.1, 0.15) is 23.7 Å². The van der Waals surface area contributed by atoms with E-state index in [4.69, 9.17) is 10.2 Å². The highest BCUT2D eigenvalue weighted by atomic mass is 32.2. The van der Waals surface area contributed by atoms with E-state index in [9.17, 15) is 0 Å². The minimum atomic E-state index is 0.00700. The molecule has 0 saturated carbocycles. The molecule has 3 nitrogen and oxygen atoms in total. The quantitative estimate of drug-likeness (QED) is 0.844. The van der Waals surface area contributed by atoms with Crippen LogP contribution in [-0.4, -0.2) is 11.0 Å². The highest BCUT2D eigenvalue weighted by Gasteiger charge is 2.21. The third-order valence-corrected chi connectivity index (χ3v) is 3.80. The van der Waals surface area contributed by atoms with Gasteiger partial charge in [-0.1, -0.05) is 17.8 Å².